The fourth-order valence-electron chi connectivity index (χ4n) is 2.80. The number of ether oxygens (including phenoxy) is 1. The SMILES string of the molecule is CCn1nc(-c2ccc(OC)cc2)cc1C(=O)NCCc1ccccc1. The van der Waals surface area contributed by atoms with E-state index in [0.29, 0.717) is 18.8 Å². The van der Waals surface area contributed by atoms with Crippen LogP contribution in [-0.2, 0) is 13.0 Å². The Kier molecular flexibility index (Phi) is 5.69. The smallest absolute Gasteiger partial charge is 0.269 e. The van der Waals surface area contributed by atoms with Gasteiger partial charge >= 0.3 is 0 Å². The topological polar surface area (TPSA) is 56.2 Å². The summed E-state index contributed by atoms with van der Waals surface area (Å²) >= 11 is 0. The van der Waals surface area contributed by atoms with Crippen molar-refractivity contribution in [2.45, 2.75) is 19.9 Å². The van der Waals surface area contributed by atoms with Crippen LogP contribution in [0.15, 0.2) is 60.7 Å². The number of nitrogens with one attached hydrogen (secondary N) is 1. The van der Waals surface area contributed by atoms with Crippen LogP contribution in [0.25, 0.3) is 11.3 Å². The van der Waals surface area contributed by atoms with Crippen molar-refractivity contribution in [2.75, 3.05) is 13.7 Å². The number of hydrogen-bond donors (Lipinski definition) is 1. The molecule has 5 nitrogen and oxygen atoms in total. The first-order chi connectivity index (χ1) is 12.7. The summed E-state index contributed by atoms with van der Waals surface area (Å²) in [7, 11) is 1.64. The zero-order valence-corrected chi connectivity index (χ0v) is 15.1. The van der Waals surface area contributed by atoms with Gasteiger partial charge in [0.05, 0.1) is 12.8 Å². The van der Waals surface area contributed by atoms with Crippen LogP contribution in [0, 0.1) is 0 Å². The number of amides is 1. The second kappa shape index (κ2) is 8.34. The minimum Gasteiger partial charge on any atom is -0.497 e. The highest BCUT2D eigenvalue weighted by molar-refractivity contribution is 5.93. The van der Waals surface area contributed by atoms with Gasteiger partial charge in [0, 0.05) is 18.7 Å². The van der Waals surface area contributed by atoms with E-state index in [4.69, 9.17) is 4.74 Å². The first-order valence-electron chi connectivity index (χ1n) is 8.75. The highest BCUT2D eigenvalue weighted by Crippen LogP contribution is 2.22. The van der Waals surface area contributed by atoms with Gasteiger partial charge in [0.25, 0.3) is 5.91 Å². The summed E-state index contributed by atoms with van der Waals surface area (Å²) in [4.78, 5) is 12.6. The fraction of sp³-hybridized carbons (Fsp3) is 0.238. The van der Waals surface area contributed by atoms with Crippen molar-refractivity contribution in [3.63, 3.8) is 0 Å². The predicted molar refractivity (Wildman–Crippen MR) is 102 cm³/mol. The minimum atomic E-state index is -0.102. The van der Waals surface area contributed by atoms with E-state index < -0.39 is 0 Å². The summed E-state index contributed by atoms with van der Waals surface area (Å²) in [5, 5.41) is 7.54. The fourth-order valence-corrected chi connectivity index (χ4v) is 2.80. The molecule has 3 rings (SSSR count). The molecule has 1 heterocycles. The van der Waals surface area contributed by atoms with Crippen LogP contribution in [0.3, 0.4) is 0 Å². The molecule has 0 aliphatic heterocycles. The van der Waals surface area contributed by atoms with Crippen molar-refractivity contribution in [1.29, 1.82) is 0 Å². The molecular weight excluding hydrogens is 326 g/mol. The first-order valence-corrected chi connectivity index (χ1v) is 8.75. The number of carbonyl (C=O) groups excluding carboxylic acids is 1. The van der Waals surface area contributed by atoms with Gasteiger partial charge in [-0.2, -0.15) is 5.10 Å². The normalized spacial score (nSPS) is 10.5. The molecule has 0 aliphatic carbocycles. The third kappa shape index (κ3) is 4.11. The highest BCUT2D eigenvalue weighted by atomic mass is 16.5. The number of aromatic nitrogens is 2. The molecule has 1 N–H and O–H groups in total. The maximum Gasteiger partial charge on any atom is 0.269 e. The molecule has 26 heavy (non-hydrogen) atoms. The summed E-state index contributed by atoms with van der Waals surface area (Å²) in [5.74, 6) is 0.692. The molecule has 0 atom stereocenters. The number of carbonyl (C=O) groups is 1. The van der Waals surface area contributed by atoms with Crippen molar-refractivity contribution in [3.05, 3.63) is 71.9 Å². The van der Waals surface area contributed by atoms with E-state index in [9.17, 15) is 4.79 Å². The van der Waals surface area contributed by atoms with Crippen LogP contribution in [0.2, 0.25) is 0 Å². The monoisotopic (exact) mass is 349 g/mol. The van der Waals surface area contributed by atoms with E-state index in [1.54, 1.807) is 11.8 Å². The molecule has 0 saturated carbocycles. The maximum absolute atomic E-state index is 12.6. The van der Waals surface area contributed by atoms with Crippen molar-refractivity contribution in [2.24, 2.45) is 0 Å². The molecule has 1 amide bonds. The number of aryl methyl sites for hydroxylation is 1. The lowest BCUT2D eigenvalue weighted by Crippen LogP contribution is -2.28. The summed E-state index contributed by atoms with van der Waals surface area (Å²) in [5.41, 5.74) is 3.51. The number of methoxy groups -OCH3 is 1. The summed E-state index contributed by atoms with van der Waals surface area (Å²) in [6.07, 6.45) is 0.804. The summed E-state index contributed by atoms with van der Waals surface area (Å²) in [6.45, 7) is 3.21. The Morgan fingerprint density at radius 3 is 2.50 bits per heavy atom. The highest BCUT2D eigenvalue weighted by Gasteiger charge is 2.15. The third-order valence-corrected chi connectivity index (χ3v) is 4.24. The molecule has 0 bridgehead atoms. The zero-order chi connectivity index (χ0) is 18.4. The lowest BCUT2D eigenvalue weighted by Gasteiger charge is -2.06. The molecule has 0 aliphatic rings. The Morgan fingerprint density at radius 2 is 1.85 bits per heavy atom. The third-order valence-electron chi connectivity index (χ3n) is 4.24. The molecule has 0 spiro atoms. The van der Waals surface area contributed by atoms with Gasteiger partial charge in [-0.15, -0.1) is 0 Å². The molecular formula is C21H23N3O2. The Morgan fingerprint density at radius 1 is 1.12 bits per heavy atom. The van der Waals surface area contributed by atoms with Gasteiger partial charge in [-0.3, -0.25) is 9.48 Å². The van der Waals surface area contributed by atoms with E-state index in [0.717, 1.165) is 23.4 Å². The standard InChI is InChI=1S/C21H23N3O2/c1-3-24-20(21(25)22-14-13-16-7-5-4-6-8-16)15-19(23-24)17-9-11-18(26-2)12-10-17/h4-12,15H,3,13-14H2,1-2H3,(H,22,25). The van der Waals surface area contributed by atoms with Crippen molar-refractivity contribution in [1.82, 2.24) is 15.1 Å². The molecule has 0 saturated heterocycles. The second-order valence-corrected chi connectivity index (χ2v) is 5.95. The molecule has 5 heteroatoms. The molecule has 0 unspecified atom stereocenters. The molecule has 0 radical (unpaired) electrons. The average Bonchev–Trinajstić information content (AvgIpc) is 3.13. The van der Waals surface area contributed by atoms with Crippen molar-refractivity contribution < 1.29 is 9.53 Å². The van der Waals surface area contributed by atoms with E-state index in [2.05, 4.69) is 22.5 Å². The largest absolute Gasteiger partial charge is 0.497 e. The van der Waals surface area contributed by atoms with Crippen LogP contribution >= 0.6 is 0 Å². The first kappa shape index (κ1) is 17.7. The Labute approximate surface area is 153 Å². The Bertz CT molecular complexity index is 855. The van der Waals surface area contributed by atoms with Crippen molar-refractivity contribution in [3.8, 4) is 17.0 Å². The number of benzene rings is 2. The lowest BCUT2D eigenvalue weighted by molar-refractivity contribution is 0.0943. The van der Waals surface area contributed by atoms with E-state index >= 15 is 0 Å². The number of rotatable bonds is 7. The lowest BCUT2D eigenvalue weighted by atomic mass is 10.1. The number of hydrogen-bond acceptors (Lipinski definition) is 3. The summed E-state index contributed by atoms with van der Waals surface area (Å²) in [6, 6.07) is 19.6. The number of nitrogens with zero attached hydrogens (tertiary/aromatic N) is 2. The zero-order valence-electron chi connectivity index (χ0n) is 15.1. The van der Waals surface area contributed by atoms with E-state index in [-0.39, 0.29) is 5.91 Å². The Hall–Kier alpha value is -3.08. The molecule has 2 aromatic carbocycles. The van der Waals surface area contributed by atoms with Gasteiger partial charge in [-0.1, -0.05) is 30.3 Å². The molecule has 134 valence electrons. The molecule has 3 aromatic rings. The molecule has 1 aromatic heterocycles. The van der Waals surface area contributed by atoms with Crippen LogP contribution in [0.1, 0.15) is 23.0 Å². The van der Waals surface area contributed by atoms with Crippen molar-refractivity contribution >= 4 is 5.91 Å². The minimum absolute atomic E-state index is 0.102. The van der Waals surface area contributed by atoms with Crippen LogP contribution in [0.5, 0.6) is 5.75 Å². The van der Waals surface area contributed by atoms with E-state index in [1.165, 1.54) is 5.56 Å². The van der Waals surface area contributed by atoms with Gasteiger partial charge < -0.3 is 10.1 Å². The average molecular weight is 349 g/mol. The van der Waals surface area contributed by atoms with Gasteiger partial charge in [-0.25, -0.2) is 0 Å². The maximum atomic E-state index is 12.6. The summed E-state index contributed by atoms with van der Waals surface area (Å²) < 4.78 is 6.92. The predicted octanol–water partition coefficient (Wildman–Crippen LogP) is 3.55. The van der Waals surface area contributed by atoms with Gasteiger partial charge in [0.2, 0.25) is 0 Å². The van der Waals surface area contributed by atoms with E-state index in [1.807, 2.05) is 55.5 Å². The van der Waals surface area contributed by atoms with Crippen LogP contribution < -0.4 is 10.1 Å². The van der Waals surface area contributed by atoms with Gasteiger partial charge in [-0.05, 0) is 49.2 Å². The van der Waals surface area contributed by atoms with Crippen LogP contribution in [-0.4, -0.2) is 29.3 Å². The molecule has 0 fully saturated rings. The van der Waals surface area contributed by atoms with Gasteiger partial charge in [0.1, 0.15) is 11.4 Å². The van der Waals surface area contributed by atoms with Crippen LogP contribution in [0.4, 0.5) is 0 Å². The Balaban J connectivity index is 1.70. The van der Waals surface area contributed by atoms with Gasteiger partial charge in [0.15, 0.2) is 0 Å². The quantitative estimate of drug-likeness (QED) is 0.710. The second-order valence-electron chi connectivity index (χ2n) is 5.95.